The maximum atomic E-state index is 11.5. The summed E-state index contributed by atoms with van der Waals surface area (Å²) < 4.78 is 5.15. The lowest BCUT2D eigenvalue weighted by atomic mass is 9.81. The minimum atomic E-state index is -1.23. The molecule has 0 rings (SSSR count). The van der Waals surface area contributed by atoms with Gasteiger partial charge in [-0.3, -0.25) is 14.4 Å². The molecule has 0 aromatic rings. The van der Waals surface area contributed by atoms with Crippen LogP contribution in [0.1, 0.15) is 214 Å². The monoisotopic (exact) mass is 693 g/mol. The van der Waals surface area contributed by atoms with E-state index in [0.717, 1.165) is 77.0 Å². The number of hydrogen-bond acceptors (Lipinski definition) is 5. The molecular weight excluding hydrogens is 612 g/mol. The SMILES string of the molecule is CCCCCCCC/C=C\CCCCCCCC(=O)OCCCC.CCCCCC[C@@H](O)C/C=C\CCCCCCC(C)(C(C)=O)C(=O)O. The van der Waals surface area contributed by atoms with Crippen molar-refractivity contribution in [2.24, 2.45) is 5.41 Å². The van der Waals surface area contributed by atoms with Gasteiger partial charge in [-0.05, 0) is 84.5 Å². The van der Waals surface area contributed by atoms with E-state index in [1.54, 1.807) is 0 Å². The molecule has 0 aliphatic rings. The van der Waals surface area contributed by atoms with Crippen LogP contribution in [0.5, 0.6) is 0 Å². The van der Waals surface area contributed by atoms with Gasteiger partial charge in [0.25, 0.3) is 0 Å². The van der Waals surface area contributed by atoms with Gasteiger partial charge in [0.2, 0.25) is 0 Å². The number of esters is 1. The third-order valence-electron chi connectivity index (χ3n) is 9.42. The maximum absolute atomic E-state index is 11.5. The Kier molecular flexibility index (Phi) is 37.4. The van der Waals surface area contributed by atoms with Crippen LogP contribution in [-0.2, 0) is 19.1 Å². The third-order valence-corrected chi connectivity index (χ3v) is 9.42. The molecule has 0 bridgehead atoms. The van der Waals surface area contributed by atoms with Gasteiger partial charge in [0.05, 0.1) is 12.7 Å². The van der Waals surface area contributed by atoms with Gasteiger partial charge >= 0.3 is 11.9 Å². The average Bonchev–Trinajstić information content (AvgIpc) is 3.07. The predicted octanol–water partition coefficient (Wildman–Crippen LogP) is 12.7. The van der Waals surface area contributed by atoms with Gasteiger partial charge in [0.1, 0.15) is 11.2 Å². The average molecular weight is 693 g/mol. The number of carbonyl (C=O) groups is 3. The summed E-state index contributed by atoms with van der Waals surface area (Å²) in [5.74, 6) is -1.30. The van der Waals surface area contributed by atoms with Gasteiger partial charge in [-0.2, -0.15) is 0 Å². The molecule has 6 nitrogen and oxygen atoms in total. The van der Waals surface area contributed by atoms with Crippen LogP contribution in [0.15, 0.2) is 24.3 Å². The minimum absolute atomic E-state index is 0.0129. The van der Waals surface area contributed by atoms with Crippen LogP contribution in [0.3, 0.4) is 0 Å². The van der Waals surface area contributed by atoms with Gasteiger partial charge in [-0.1, -0.05) is 148 Å². The molecule has 2 N–H and O–H groups in total. The molecule has 0 radical (unpaired) electrons. The van der Waals surface area contributed by atoms with Crippen molar-refractivity contribution in [1.29, 1.82) is 0 Å². The zero-order valence-electron chi connectivity index (χ0n) is 32.9. The number of unbranched alkanes of at least 4 members (excludes halogenated alkanes) is 19. The first-order chi connectivity index (χ1) is 23.6. The standard InChI is InChI=1S/C22H42O2.C21H38O4/c1-3-5-7-8-9-10-11-12-13-14-15-16-17-18-19-20-22(23)24-21-6-4-2;1-4-5-6-12-15-19(23)16-13-10-8-7-9-11-14-17-21(3,18(2)22)20(24)25/h12-13H,3-11,14-21H2,1-2H3;10,13,19,23H,4-9,11-12,14-17H2,1-3H3,(H,24,25)/b13-12-;13-10-/t;19-,21?/m.1/s1. The quantitative estimate of drug-likeness (QED) is 0.0301. The number of rotatable bonds is 34. The van der Waals surface area contributed by atoms with Crippen LogP contribution in [0.25, 0.3) is 0 Å². The Labute approximate surface area is 303 Å². The first-order valence-electron chi connectivity index (χ1n) is 20.5. The van der Waals surface area contributed by atoms with Gasteiger partial charge in [-0.15, -0.1) is 0 Å². The number of Topliss-reactive ketones (excluding diaryl/α,β-unsaturated/α-hetero) is 1. The summed E-state index contributed by atoms with van der Waals surface area (Å²) in [5.41, 5.74) is -1.23. The van der Waals surface area contributed by atoms with Gasteiger partial charge in [0.15, 0.2) is 0 Å². The summed E-state index contributed by atoms with van der Waals surface area (Å²) in [6, 6.07) is 0. The molecule has 0 amide bonds. The van der Waals surface area contributed by atoms with Crippen molar-refractivity contribution in [3.8, 4) is 0 Å². The number of carbonyl (C=O) groups excluding carboxylic acids is 2. The lowest BCUT2D eigenvalue weighted by Gasteiger charge is -2.21. The molecule has 49 heavy (non-hydrogen) atoms. The molecule has 2 atom stereocenters. The van der Waals surface area contributed by atoms with Crippen molar-refractivity contribution in [1.82, 2.24) is 0 Å². The van der Waals surface area contributed by atoms with Crippen molar-refractivity contribution in [3.63, 3.8) is 0 Å². The molecule has 0 aliphatic heterocycles. The van der Waals surface area contributed by atoms with E-state index < -0.39 is 11.4 Å². The van der Waals surface area contributed by atoms with Gasteiger partial charge in [-0.25, -0.2) is 0 Å². The normalized spacial score (nSPS) is 13.3. The smallest absolute Gasteiger partial charge is 0.316 e. The Morgan fingerprint density at radius 2 is 1.06 bits per heavy atom. The molecule has 0 saturated carbocycles. The third kappa shape index (κ3) is 34.3. The Morgan fingerprint density at radius 3 is 1.57 bits per heavy atom. The summed E-state index contributed by atoms with van der Waals surface area (Å²) in [7, 11) is 0. The molecular formula is C43H80O6. The molecule has 1 unspecified atom stereocenters. The fourth-order valence-electron chi connectivity index (χ4n) is 5.57. The number of aliphatic hydroxyl groups is 1. The molecule has 0 aromatic heterocycles. The van der Waals surface area contributed by atoms with Crippen molar-refractivity contribution in [2.45, 2.75) is 221 Å². The zero-order chi connectivity index (χ0) is 36.9. The number of carboxylic acids is 1. The Morgan fingerprint density at radius 1 is 0.612 bits per heavy atom. The highest BCUT2D eigenvalue weighted by Gasteiger charge is 2.37. The van der Waals surface area contributed by atoms with Crippen LogP contribution in [0.4, 0.5) is 0 Å². The summed E-state index contributed by atoms with van der Waals surface area (Å²) in [6.45, 7) is 10.0. The highest BCUT2D eigenvalue weighted by atomic mass is 16.5. The summed E-state index contributed by atoms with van der Waals surface area (Å²) in [4.78, 5) is 34.1. The minimum Gasteiger partial charge on any atom is -0.481 e. The van der Waals surface area contributed by atoms with Crippen LogP contribution in [0, 0.1) is 5.41 Å². The zero-order valence-corrected chi connectivity index (χ0v) is 32.9. The van der Waals surface area contributed by atoms with Crippen LogP contribution >= 0.6 is 0 Å². The number of aliphatic carboxylic acids is 1. The van der Waals surface area contributed by atoms with E-state index in [2.05, 4.69) is 45.1 Å². The molecule has 0 heterocycles. The lowest BCUT2D eigenvalue weighted by Crippen LogP contribution is -2.34. The predicted molar refractivity (Wildman–Crippen MR) is 208 cm³/mol. The lowest BCUT2D eigenvalue weighted by molar-refractivity contribution is -0.153. The van der Waals surface area contributed by atoms with Crippen molar-refractivity contribution >= 4 is 17.7 Å². The van der Waals surface area contributed by atoms with Crippen molar-refractivity contribution < 1.29 is 29.3 Å². The number of allylic oxidation sites excluding steroid dienone is 3. The van der Waals surface area contributed by atoms with Crippen LogP contribution in [0.2, 0.25) is 0 Å². The molecule has 6 heteroatoms. The van der Waals surface area contributed by atoms with Crippen molar-refractivity contribution in [3.05, 3.63) is 24.3 Å². The number of ether oxygens (including phenoxy) is 1. The Bertz CT molecular complexity index is 803. The van der Waals surface area contributed by atoms with E-state index >= 15 is 0 Å². The fourth-order valence-corrected chi connectivity index (χ4v) is 5.57. The van der Waals surface area contributed by atoms with Gasteiger partial charge in [0, 0.05) is 6.42 Å². The highest BCUT2D eigenvalue weighted by molar-refractivity contribution is 6.01. The van der Waals surface area contributed by atoms with E-state index in [9.17, 15) is 24.6 Å². The Balaban J connectivity index is 0. The largest absolute Gasteiger partial charge is 0.481 e. The highest BCUT2D eigenvalue weighted by Crippen LogP contribution is 2.26. The van der Waals surface area contributed by atoms with Gasteiger partial charge < -0.3 is 14.9 Å². The molecule has 0 aliphatic carbocycles. The van der Waals surface area contributed by atoms with E-state index in [1.807, 2.05) is 0 Å². The van der Waals surface area contributed by atoms with Crippen LogP contribution in [-0.4, -0.2) is 40.6 Å². The van der Waals surface area contributed by atoms with E-state index in [-0.39, 0.29) is 17.9 Å². The number of hydrogen-bond donors (Lipinski definition) is 2. The van der Waals surface area contributed by atoms with Crippen molar-refractivity contribution in [2.75, 3.05) is 6.61 Å². The first kappa shape index (κ1) is 49.2. The molecule has 288 valence electrons. The number of aliphatic hydroxyl groups excluding tert-OH is 1. The molecule has 0 spiro atoms. The summed E-state index contributed by atoms with van der Waals surface area (Å²) in [6.07, 6.45) is 39.8. The van der Waals surface area contributed by atoms with E-state index in [1.165, 1.54) is 104 Å². The van der Waals surface area contributed by atoms with Crippen LogP contribution < -0.4 is 0 Å². The number of carboxylic acid groups (broad SMARTS) is 1. The second-order valence-corrected chi connectivity index (χ2v) is 14.3. The summed E-state index contributed by atoms with van der Waals surface area (Å²) in [5, 5.41) is 19.0. The summed E-state index contributed by atoms with van der Waals surface area (Å²) >= 11 is 0. The fraction of sp³-hybridized carbons (Fsp3) is 0.837. The molecule has 0 fully saturated rings. The topological polar surface area (TPSA) is 101 Å². The van der Waals surface area contributed by atoms with E-state index in [0.29, 0.717) is 19.4 Å². The number of ketones is 1. The Hall–Kier alpha value is -1.95. The molecule has 0 saturated heterocycles. The second kappa shape index (κ2) is 37.3. The van der Waals surface area contributed by atoms with E-state index in [4.69, 9.17) is 4.74 Å². The second-order valence-electron chi connectivity index (χ2n) is 14.3. The molecule has 0 aromatic carbocycles. The maximum Gasteiger partial charge on any atom is 0.316 e. The first-order valence-corrected chi connectivity index (χ1v) is 20.5.